The molecule has 0 saturated heterocycles. The van der Waals surface area contributed by atoms with E-state index < -0.39 is 0 Å². The van der Waals surface area contributed by atoms with E-state index in [1.165, 1.54) is 32.0 Å². The molecule has 1 rings (SSSR count). The Morgan fingerprint density at radius 1 is 1.07 bits per heavy atom. The van der Waals surface area contributed by atoms with E-state index in [1.54, 1.807) is 12.4 Å². The normalized spacial score (nSPS) is 10.1. The standard InChI is InChI=1S/C11H18N2O/c1-2-3-4-5-6-7-14-11-8-12-10-13-9-11/h8-10H,2-7H2,1H3. The van der Waals surface area contributed by atoms with Crippen molar-refractivity contribution in [1.82, 2.24) is 9.97 Å². The smallest absolute Gasteiger partial charge is 0.155 e. The van der Waals surface area contributed by atoms with E-state index in [0.717, 1.165) is 18.8 Å². The highest BCUT2D eigenvalue weighted by molar-refractivity contribution is 5.09. The molecule has 14 heavy (non-hydrogen) atoms. The Bertz CT molecular complexity index is 226. The molecule has 1 aromatic heterocycles. The molecule has 1 heterocycles. The third-order valence-electron chi connectivity index (χ3n) is 2.05. The minimum absolute atomic E-state index is 0.767. The fraction of sp³-hybridized carbons (Fsp3) is 0.636. The maximum absolute atomic E-state index is 5.46. The van der Waals surface area contributed by atoms with Crippen LogP contribution in [0, 0.1) is 0 Å². The van der Waals surface area contributed by atoms with Crippen LogP contribution in [0.15, 0.2) is 18.7 Å². The second-order valence-corrected chi connectivity index (χ2v) is 3.34. The molecule has 0 spiro atoms. The van der Waals surface area contributed by atoms with E-state index in [9.17, 15) is 0 Å². The molecular formula is C11H18N2O. The number of hydrogen-bond donors (Lipinski definition) is 0. The summed E-state index contributed by atoms with van der Waals surface area (Å²) in [6.07, 6.45) is 11.2. The van der Waals surface area contributed by atoms with Gasteiger partial charge < -0.3 is 4.74 Å². The molecule has 0 fully saturated rings. The number of nitrogens with zero attached hydrogens (tertiary/aromatic N) is 2. The Morgan fingerprint density at radius 2 is 1.79 bits per heavy atom. The molecule has 0 N–H and O–H groups in total. The molecule has 3 heteroatoms. The van der Waals surface area contributed by atoms with Gasteiger partial charge in [0.1, 0.15) is 6.33 Å². The van der Waals surface area contributed by atoms with Gasteiger partial charge in [-0.2, -0.15) is 0 Å². The summed E-state index contributed by atoms with van der Waals surface area (Å²) in [5.74, 6) is 0.767. The van der Waals surface area contributed by atoms with Gasteiger partial charge >= 0.3 is 0 Å². The maximum Gasteiger partial charge on any atom is 0.155 e. The Balaban J connectivity index is 1.99. The highest BCUT2D eigenvalue weighted by atomic mass is 16.5. The minimum Gasteiger partial charge on any atom is -0.490 e. The van der Waals surface area contributed by atoms with Gasteiger partial charge in [0, 0.05) is 0 Å². The van der Waals surface area contributed by atoms with Crippen molar-refractivity contribution in [3.63, 3.8) is 0 Å². The zero-order chi connectivity index (χ0) is 10.1. The molecule has 78 valence electrons. The summed E-state index contributed by atoms with van der Waals surface area (Å²) in [7, 11) is 0. The highest BCUT2D eigenvalue weighted by Crippen LogP contribution is 2.07. The lowest BCUT2D eigenvalue weighted by Gasteiger charge is -2.04. The van der Waals surface area contributed by atoms with Crippen LogP contribution in [0.25, 0.3) is 0 Å². The molecule has 1 aromatic rings. The predicted molar refractivity (Wildman–Crippen MR) is 56.3 cm³/mol. The van der Waals surface area contributed by atoms with Crippen molar-refractivity contribution in [3.05, 3.63) is 18.7 Å². The number of aromatic nitrogens is 2. The van der Waals surface area contributed by atoms with E-state index in [-0.39, 0.29) is 0 Å². The quantitative estimate of drug-likeness (QED) is 0.626. The van der Waals surface area contributed by atoms with Crippen molar-refractivity contribution in [2.75, 3.05) is 6.61 Å². The SMILES string of the molecule is CCCCCCCOc1cncnc1. The number of ether oxygens (including phenoxy) is 1. The van der Waals surface area contributed by atoms with Gasteiger partial charge in [-0.3, -0.25) is 0 Å². The first-order chi connectivity index (χ1) is 6.93. The second-order valence-electron chi connectivity index (χ2n) is 3.34. The topological polar surface area (TPSA) is 35.0 Å². The van der Waals surface area contributed by atoms with Gasteiger partial charge in [0.2, 0.25) is 0 Å². The number of unbranched alkanes of at least 4 members (excludes halogenated alkanes) is 4. The van der Waals surface area contributed by atoms with Gasteiger partial charge in [0.25, 0.3) is 0 Å². The molecule has 0 bridgehead atoms. The summed E-state index contributed by atoms with van der Waals surface area (Å²) in [6.45, 7) is 2.99. The average molecular weight is 194 g/mol. The van der Waals surface area contributed by atoms with Crippen LogP contribution in [0.2, 0.25) is 0 Å². The van der Waals surface area contributed by atoms with E-state index in [4.69, 9.17) is 4.74 Å². The first kappa shape index (κ1) is 11.0. The van der Waals surface area contributed by atoms with Crippen LogP contribution in [0.1, 0.15) is 39.0 Å². The van der Waals surface area contributed by atoms with Crippen molar-refractivity contribution in [1.29, 1.82) is 0 Å². The monoisotopic (exact) mass is 194 g/mol. The molecule has 0 amide bonds. The first-order valence-electron chi connectivity index (χ1n) is 5.31. The Hall–Kier alpha value is -1.12. The summed E-state index contributed by atoms with van der Waals surface area (Å²) in [4.78, 5) is 7.75. The predicted octanol–water partition coefficient (Wildman–Crippen LogP) is 2.83. The van der Waals surface area contributed by atoms with Gasteiger partial charge in [0.15, 0.2) is 5.75 Å². The van der Waals surface area contributed by atoms with Gasteiger partial charge in [0.05, 0.1) is 19.0 Å². The Morgan fingerprint density at radius 3 is 2.50 bits per heavy atom. The van der Waals surface area contributed by atoms with Crippen LogP contribution < -0.4 is 4.74 Å². The summed E-state index contributed by atoms with van der Waals surface area (Å²) in [5.41, 5.74) is 0. The Labute approximate surface area is 85.5 Å². The van der Waals surface area contributed by atoms with E-state index in [0.29, 0.717) is 0 Å². The van der Waals surface area contributed by atoms with Crippen molar-refractivity contribution >= 4 is 0 Å². The maximum atomic E-state index is 5.46. The van der Waals surface area contributed by atoms with Crippen LogP contribution in [0.4, 0.5) is 0 Å². The van der Waals surface area contributed by atoms with Gasteiger partial charge in [-0.15, -0.1) is 0 Å². The zero-order valence-corrected chi connectivity index (χ0v) is 8.78. The van der Waals surface area contributed by atoms with Crippen molar-refractivity contribution in [2.45, 2.75) is 39.0 Å². The van der Waals surface area contributed by atoms with Gasteiger partial charge in [-0.05, 0) is 6.42 Å². The average Bonchev–Trinajstić information content (AvgIpc) is 2.25. The molecule has 3 nitrogen and oxygen atoms in total. The molecule has 0 unspecified atom stereocenters. The highest BCUT2D eigenvalue weighted by Gasteiger charge is 1.93. The van der Waals surface area contributed by atoms with Gasteiger partial charge in [-0.25, -0.2) is 9.97 Å². The fourth-order valence-electron chi connectivity index (χ4n) is 1.26. The third-order valence-corrected chi connectivity index (χ3v) is 2.05. The molecule has 0 radical (unpaired) electrons. The zero-order valence-electron chi connectivity index (χ0n) is 8.78. The van der Waals surface area contributed by atoms with Crippen LogP contribution in [0.3, 0.4) is 0 Å². The Kier molecular flexibility index (Phi) is 5.71. The van der Waals surface area contributed by atoms with Crippen molar-refractivity contribution in [3.8, 4) is 5.75 Å². The summed E-state index contributed by atoms with van der Waals surface area (Å²) >= 11 is 0. The third kappa shape index (κ3) is 4.80. The summed E-state index contributed by atoms with van der Waals surface area (Å²) in [5, 5.41) is 0. The fourth-order valence-corrected chi connectivity index (χ4v) is 1.26. The summed E-state index contributed by atoms with van der Waals surface area (Å²) in [6, 6.07) is 0. The molecule has 0 aliphatic rings. The molecule has 0 atom stereocenters. The van der Waals surface area contributed by atoms with Crippen LogP contribution in [-0.2, 0) is 0 Å². The number of rotatable bonds is 7. The molecule has 0 aliphatic heterocycles. The molecular weight excluding hydrogens is 176 g/mol. The van der Waals surface area contributed by atoms with Crippen molar-refractivity contribution < 1.29 is 4.74 Å². The summed E-state index contributed by atoms with van der Waals surface area (Å²) < 4.78 is 5.46. The lowest BCUT2D eigenvalue weighted by atomic mass is 10.2. The first-order valence-corrected chi connectivity index (χ1v) is 5.31. The lowest BCUT2D eigenvalue weighted by molar-refractivity contribution is 0.302. The molecule has 0 aromatic carbocycles. The lowest BCUT2D eigenvalue weighted by Crippen LogP contribution is -1.97. The van der Waals surface area contributed by atoms with Gasteiger partial charge in [-0.1, -0.05) is 32.6 Å². The second kappa shape index (κ2) is 7.30. The van der Waals surface area contributed by atoms with Crippen LogP contribution in [0.5, 0.6) is 5.75 Å². The number of hydrogen-bond acceptors (Lipinski definition) is 3. The molecule has 0 aliphatic carbocycles. The van der Waals surface area contributed by atoms with Crippen molar-refractivity contribution in [2.24, 2.45) is 0 Å². The van der Waals surface area contributed by atoms with E-state index >= 15 is 0 Å². The van der Waals surface area contributed by atoms with E-state index in [2.05, 4.69) is 16.9 Å². The molecule has 0 saturated carbocycles. The van der Waals surface area contributed by atoms with Crippen LogP contribution in [-0.4, -0.2) is 16.6 Å². The minimum atomic E-state index is 0.767. The van der Waals surface area contributed by atoms with E-state index in [1.807, 2.05) is 0 Å². The largest absolute Gasteiger partial charge is 0.490 e. The van der Waals surface area contributed by atoms with Crippen LogP contribution >= 0.6 is 0 Å².